The summed E-state index contributed by atoms with van der Waals surface area (Å²) in [4.78, 5) is 21.5. The fourth-order valence-electron chi connectivity index (χ4n) is 2.95. The first-order valence-electron chi connectivity index (χ1n) is 8.56. The van der Waals surface area contributed by atoms with Gasteiger partial charge in [-0.15, -0.1) is 11.3 Å². The SMILES string of the molecule is O=C(Cn1c(-c2cscn2)nc2ccccc21)NCCc1ccc(Cl)cc1. The number of benzene rings is 2. The molecule has 1 N–H and O–H groups in total. The van der Waals surface area contributed by atoms with Crippen molar-refractivity contribution in [3.63, 3.8) is 0 Å². The molecule has 27 heavy (non-hydrogen) atoms. The number of carbonyl (C=O) groups is 1. The van der Waals surface area contributed by atoms with Crippen LogP contribution in [0.2, 0.25) is 5.02 Å². The Balaban J connectivity index is 1.48. The molecular weight excluding hydrogens is 380 g/mol. The van der Waals surface area contributed by atoms with Crippen molar-refractivity contribution in [3.8, 4) is 11.5 Å². The molecule has 0 unspecified atom stereocenters. The van der Waals surface area contributed by atoms with Crippen LogP contribution in [0.25, 0.3) is 22.6 Å². The molecule has 2 aromatic heterocycles. The van der Waals surface area contributed by atoms with Crippen LogP contribution in [0.4, 0.5) is 0 Å². The minimum Gasteiger partial charge on any atom is -0.354 e. The van der Waals surface area contributed by atoms with Crippen LogP contribution in [0.1, 0.15) is 5.56 Å². The summed E-state index contributed by atoms with van der Waals surface area (Å²) in [5, 5.41) is 5.64. The number of amides is 1. The molecule has 1 amide bonds. The molecule has 2 aromatic carbocycles. The van der Waals surface area contributed by atoms with E-state index in [2.05, 4.69) is 15.3 Å². The highest BCUT2D eigenvalue weighted by molar-refractivity contribution is 7.07. The lowest BCUT2D eigenvalue weighted by atomic mass is 10.1. The number of halogens is 1. The Kier molecular flexibility index (Phi) is 5.18. The molecule has 136 valence electrons. The Morgan fingerprint density at radius 2 is 1.96 bits per heavy atom. The van der Waals surface area contributed by atoms with E-state index in [1.54, 1.807) is 5.51 Å². The number of para-hydroxylation sites is 2. The summed E-state index contributed by atoms with van der Waals surface area (Å²) in [6, 6.07) is 15.5. The maximum absolute atomic E-state index is 12.5. The lowest BCUT2D eigenvalue weighted by Crippen LogP contribution is -2.29. The molecule has 4 aromatic rings. The van der Waals surface area contributed by atoms with Crippen molar-refractivity contribution in [2.24, 2.45) is 0 Å². The molecule has 0 aliphatic carbocycles. The second-order valence-corrected chi connectivity index (χ2v) is 7.27. The van der Waals surface area contributed by atoms with Gasteiger partial charge in [0.1, 0.15) is 12.2 Å². The van der Waals surface area contributed by atoms with Gasteiger partial charge in [-0.25, -0.2) is 9.97 Å². The molecule has 0 saturated heterocycles. The van der Waals surface area contributed by atoms with E-state index in [0.717, 1.165) is 28.7 Å². The number of imidazole rings is 1. The normalized spacial score (nSPS) is 11.0. The van der Waals surface area contributed by atoms with Gasteiger partial charge in [0.25, 0.3) is 0 Å². The lowest BCUT2D eigenvalue weighted by molar-refractivity contribution is -0.121. The summed E-state index contributed by atoms with van der Waals surface area (Å²) in [6.07, 6.45) is 0.756. The summed E-state index contributed by atoms with van der Waals surface area (Å²) >= 11 is 7.41. The van der Waals surface area contributed by atoms with Crippen molar-refractivity contribution < 1.29 is 4.79 Å². The summed E-state index contributed by atoms with van der Waals surface area (Å²) in [7, 11) is 0. The van der Waals surface area contributed by atoms with Crippen LogP contribution < -0.4 is 5.32 Å². The quantitative estimate of drug-likeness (QED) is 0.532. The van der Waals surface area contributed by atoms with Gasteiger partial charge in [0, 0.05) is 16.9 Å². The highest BCUT2D eigenvalue weighted by Gasteiger charge is 2.16. The van der Waals surface area contributed by atoms with Gasteiger partial charge in [0.2, 0.25) is 5.91 Å². The zero-order valence-corrected chi connectivity index (χ0v) is 16.0. The molecule has 7 heteroatoms. The van der Waals surface area contributed by atoms with Crippen molar-refractivity contribution in [1.29, 1.82) is 0 Å². The van der Waals surface area contributed by atoms with Gasteiger partial charge < -0.3 is 9.88 Å². The molecule has 0 saturated carbocycles. The van der Waals surface area contributed by atoms with E-state index >= 15 is 0 Å². The number of hydrogen-bond acceptors (Lipinski definition) is 4. The molecule has 2 heterocycles. The van der Waals surface area contributed by atoms with Crippen molar-refractivity contribution in [3.05, 3.63) is 70.0 Å². The van der Waals surface area contributed by atoms with Gasteiger partial charge in [-0.3, -0.25) is 4.79 Å². The number of rotatable bonds is 6. The Morgan fingerprint density at radius 1 is 1.15 bits per heavy atom. The fraction of sp³-hybridized carbons (Fsp3) is 0.150. The number of carbonyl (C=O) groups excluding carboxylic acids is 1. The van der Waals surface area contributed by atoms with Gasteiger partial charge in [-0.05, 0) is 36.2 Å². The zero-order chi connectivity index (χ0) is 18.6. The van der Waals surface area contributed by atoms with Crippen LogP contribution in [0.3, 0.4) is 0 Å². The first-order valence-corrected chi connectivity index (χ1v) is 9.88. The molecule has 0 radical (unpaired) electrons. The van der Waals surface area contributed by atoms with Crippen LogP contribution in [-0.2, 0) is 17.8 Å². The summed E-state index contributed by atoms with van der Waals surface area (Å²) in [5.41, 5.74) is 5.47. The molecule has 0 aliphatic rings. The molecule has 5 nitrogen and oxygen atoms in total. The lowest BCUT2D eigenvalue weighted by Gasteiger charge is -2.09. The Labute approximate surface area is 165 Å². The standard InChI is InChI=1S/C20H17ClN4OS/c21-15-7-5-14(6-8-15)9-10-22-19(26)11-25-18-4-2-1-3-16(18)24-20(25)17-12-27-13-23-17/h1-8,12-13H,9-11H2,(H,22,26). The van der Waals surface area contributed by atoms with Crippen LogP contribution >= 0.6 is 22.9 Å². The summed E-state index contributed by atoms with van der Waals surface area (Å²) in [6.45, 7) is 0.771. The number of fused-ring (bicyclic) bond motifs is 1. The van der Waals surface area contributed by atoms with Crippen LogP contribution in [-0.4, -0.2) is 27.0 Å². The second-order valence-electron chi connectivity index (χ2n) is 6.11. The minimum absolute atomic E-state index is 0.0522. The third kappa shape index (κ3) is 4.02. The monoisotopic (exact) mass is 396 g/mol. The van der Waals surface area contributed by atoms with E-state index in [1.807, 2.05) is 58.5 Å². The third-order valence-electron chi connectivity index (χ3n) is 4.27. The Hall–Kier alpha value is -2.70. The highest BCUT2D eigenvalue weighted by Crippen LogP contribution is 2.24. The molecule has 4 rings (SSSR count). The molecule has 0 fully saturated rings. The second kappa shape index (κ2) is 7.90. The molecule has 0 spiro atoms. The number of thiazole rings is 1. The number of nitrogens with zero attached hydrogens (tertiary/aromatic N) is 3. The van der Waals surface area contributed by atoms with Gasteiger partial charge >= 0.3 is 0 Å². The van der Waals surface area contributed by atoms with Crippen molar-refractivity contribution in [1.82, 2.24) is 19.9 Å². The number of aromatic nitrogens is 3. The van der Waals surface area contributed by atoms with E-state index < -0.39 is 0 Å². The largest absolute Gasteiger partial charge is 0.354 e. The van der Waals surface area contributed by atoms with E-state index in [-0.39, 0.29) is 12.5 Å². The minimum atomic E-state index is -0.0522. The Morgan fingerprint density at radius 3 is 2.74 bits per heavy atom. The average molecular weight is 397 g/mol. The van der Waals surface area contributed by atoms with Crippen molar-refractivity contribution in [2.45, 2.75) is 13.0 Å². The van der Waals surface area contributed by atoms with E-state index in [0.29, 0.717) is 17.4 Å². The maximum atomic E-state index is 12.5. The van der Waals surface area contributed by atoms with Gasteiger partial charge in [0.05, 0.1) is 16.5 Å². The number of hydrogen-bond donors (Lipinski definition) is 1. The van der Waals surface area contributed by atoms with Crippen molar-refractivity contribution >= 4 is 39.9 Å². The first kappa shape index (κ1) is 17.7. The number of nitrogens with one attached hydrogen (secondary N) is 1. The molecule has 0 aliphatic heterocycles. The van der Waals surface area contributed by atoms with E-state index in [4.69, 9.17) is 11.6 Å². The first-order chi connectivity index (χ1) is 13.2. The van der Waals surface area contributed by atoms with E-state index in [1.165, 1.54) is 11.3 Å². The molecule has 0 bridgehead atoms. The molecule has 0 atom stereocenters. The average Bonchev–Trinajstić information content (AvgIpc) is 3.32. The topological polar surface area (TPSA) is 59.8 Å². The molecular formula is C20H17ClN4OS. The predicted molar refractivity (Wildman–Crippen MR) is 109 cm³/mol. The summed E-state index contributed by atoms with van der Waals surface area (Å²) < 4.78 is 1.92. The summed E-state index contributed by atoms with van der Waals surface area (Å²) in [5.74, 6) is 0.661. The van der Waals surface area contributed by atoms with Crippen molar-refractivity contribution in [2.75, 3.05) is 6.54 Å². The van der Waals surface area contributed by atoms with E-state index in [9.17, 15) is 4.79 Å². The predicted octanol–water partition coefficient (Wildman–Crippen LogP) is 4.17. The van der Waals surface area contributed by atoms with Gasteiger partial charge in [-0.2, -0.15) is 0 Å². The maximum Gasteiger partial charge on any atom is 0.240 e. The van der Waals surface area contributed by atoms with Gasteiger partial charge in [-0.1, -0.05) is 35.9 Å². The van der Waals surface area contributed by atoms with Crippen LogP contribution in [0.15, 0.2) is 59.4 Å². The van der Waals surface area contributed by atoms with Crippen LogP contribution in [0, 0.1) is 0 Å². The zero-order valence-electron chi connectivity index (χ0n) is 14.4. The Bertz CT molecular complexity index is 1060. The third-order valence-corrected chi connectivity index (χ3v) is 5.11. The fourth-order valence-corrected chi connectivity index (χ4v) is 3.61. The van der Waals surface area contributed by atoms with Crippen LogP contribution in [0.5, 0.6) is 0 Å². The van der Waals surface area contributed by atoms with Gasteiger partial charge in [0.15, 0.2) is 5.82 Å². The highest BCUT2D eigenvalue weighted by atomic mass is 35.5. The smallest absolute Gasteiger partial charge is 0.240 e.